The molecule has 0 amide bonds. The molecule has 1 aromatic carbocycles. The maximum absolute atomic E-state index is 13.6. The molecule has 1 fully saturated rings. The zero-order valence-electron chi connectivity index (χ0n) is 14.4. The molecule has 6 nitrogen and oxygen atoms in total. The van der Waals surface area contributed by atoms with Crippen molar-refractivity contribution in [3.63, 3.8) is 0 Å². The number of aliphatic carboxylic acids is 1. The van der Waals surface area contributed by atoms with Gasteiger partial charge in [-0.2, -0.15) is 4.98 Å². The number of nitrogens with zero attached hydrogens (tertiary/aromatic N) is 3. The molecule has 0 saturated heterocycles. The van der Waals surface area contributed by atoms with Crippen LogP contribution in [0.15, 0.2) is 22.7 Å². The summed E-state index contributed by atoms with van der Waals surface area (Å²) in [6, 6.07) is 4.73. The third-order valence-corrected chi connectivity index (χ3v) is 4.58. The average molecular weight is 347 g/mol. The van der Waals surface area contributed by atoms with Crippen molar-refractivity contribution in [2.24, 2.45) is 0 Å². The van der Waals surface area contributed by atoms with Crippen molar-refractivity contribution in [1.29, 1.82) is 0 Å². The van der Waals surface area contributed by atoms with E-state index < -0.39 is 12.0 Å². The number of aryl methyl sites for hydroxylation is 2. The molecule has 0 spiro atoms. The summed E-state index contributed by atoms with van der Waals surface area (Å²) >= 11 is 0. The van der Waals surface area contributed by atoms with Crippen LogP contribution in [0.3, 0.4) is 0 Å². The second kappa shape index (κ2) is 7.31. The Bertz CT molecular complexity index is 758. The minimum atomic E-state index is -0.798. The Kier molecular flexibility index (Phi) is 5.13. The SMILES string of the molecule is Cc1ccc(-c2noc(CCCN(C3CC3)C(C)C(=O)O)n2)cc1F. The van der Waals surface area contributed by atoms with Crippen molar-refractivity contribution in [1.82, 2.24) is 15.0 Å². The molecule has 134 valence electrons. The molecule has 1 heterocycles. The molecule has 2 aromatic rings. The van der Waals surface area contributed by atoms with Gasteiger partial charge in [-0.15, -0.1) is 0 Å². The van der Waals surface area contributed by atoms with Crippen LogP contribution in [0.25, 0.3) is 11.4 Å². The zero-order valence-corrected chi connectivity index (χ0v) is 14.4. The number of aromatic nitrogens is 2. The molecule has 1 aromatic heterocycles. The summed E-state index contributed by atoms with van der Waals surface area (Å²) in [6.45, 7) is 4.09. The van der Waals surface area contributed by atoms with Gasteiger partial charge in [0.05, 0.1) is 0 Å². The number of hydrogen-bond donors (Lipinski definition) is 1. The van der Waals surface area contributed by atoms with Gasteiger partial charge in [-0.3, -0.25) is 9.69 Å². The van der Waals surface area contributed by atoms with Crippen LogP contribution in [-0.4, -0.2) is 44.7 Å². The van der Waals surface area contributed by atoms with Crippen LogP contribution in [0, 0.1) is 12.7 Å². The molecule has 1 aliphatic rings. The Labute approximate surface area is 145 Å². The Morgan fingerprint density at radius 2 is 2.24 bits per heavy atom. The van der Waals surface area contributed by atoms with E-state index in [2.05, 4.69) is 10.1 Å². The number of carbonyl (C=O) groups is 1. The van der Waals surface area contributed by atoms with E-state index >= 15 is 0 Å². The standard InChI is InChI=1S/C18H22FN3O3/c1-11-5-6-13(10-15(11)19)17-20-16(25-21-17)4-3-9-22(14-7-8-14)12(2)18(23)24/h5-6,10,12,14H,3-4,7-9H2,1-2H3,(H,23,24). The third kappa shape index (κ3) is 4.22. The van der Waals surface area contributed by atoms with Crippen LogP contribution in [0.2, 0.25) is 0 Å². The fraction of sp³-hybridized carbons (Fsp3) is 0.500. The summed E-state index contributed by atoms with van der Waals surface area (Å²) in [4.78, 5) is 17.5. The molecule has 1 unspecified atom stereocenters. The van der Waals surface area contributed by atoms with Crippen LogP contribution < -0.4 is 0 Å². The zero-order chi connectivity index (χ0) is 18.0. The summed E-state index contributed by atoms with van der Waals surface area (Å²) in [5, 5.41) is 13.1. The molecule has 1 aliphatic carbocycles. The van der Waals surface area contributed by atoms with E-state index in [0.717, 1.165) is 19.3 Å². The molecular formula is C18H22FN3O3. The third-order valence-electron chi connectivity index (χ3n) is 4.58. The minimum absolute atomic E-state index is 0.299. The molecule has 7 heteroatoms. The first-order valence-electron chi connectivity index (χ1n) is 8.53. The summed E-state index contributed by atoms with van der Waals surface area (Å²) < 4.78 is 18.9. The minimum Gasteiger partial charge on any atom is -0.480 e. The van der Waals surface area contributed by atoms with Crippen LogP contribution >= 0.6 is 0 Å². The topological polar surface area (TPSA) is 79.5 Å². The predicted molar refractivity (Wildman–Crippen MR) is 89.6 cm³/mol. The van der Waals surface area contributed by atoms with Gasteiger partial charge in [-0.1, -0.05) is 17.3 Å². The molecule has 0 bridgehead atoms. The molecule has 1 atom stereocenters. The van der Waals surface area contributed by atoms with Crippen LogP contribution in [0.1, 0.15) is 37.6 Å². The number of halogens is 1. The van der Waals surface area contributed by atoms with E-state index in [1.54, 1.807) is 26.0 Å². The summed E-state index contributed by atoms with van der Waals surface area (Å²) in [6.07, 6.45) is 3.41. The largest absolute Gasteiger partial charge is 0.480 e. The summed E-state index contributed by atoms with van der Waals surface area (Å²) in [7, 11) is 0. The van der Waals surface area contributed by atoms with Crippen molar-refractivity contribution in [2.75, 3.05) is 6.54 Å². The van der Waals surface area contributed by atoms with E-state index in [0.29, 0.717) is 41.8 Å². The Balaban J connectivity index is 1.58. The van der Waals surface area contributed by atoms with E-state index in [4.69, 9.17) is 4.52 Å². The Morgan fingerprint density at radius 3 is 2.88 bits per heavy atom. The lowest BCUT2D eigenvalue weighted by atomic mass is 10.1. The van der Waals surface area contributed by atoms with Gasteiger partial charge in [0.15, 0.2) is 0 Å². The van der Waals surface area contributed by atoms with Gasteiger partial charge in [0.2, 0.25) is 11.7 Å². The van der Waals surface area contributed by atoms with Crippen molar-refractivity contribution >= 4 is 5.97 Å². The van der Waals surface area contributed by atoms with Gasteiger partial charge < -0.3 is 9.63 Å². The van der Waals surface area contributed by atoms with Crippen molar-refractivity contribution in [3.05, 3.63) is 35.5 Å². The summed E-state index contributed by atoms with van der Waals surface area (Å²) in [5.41, 5.74) is 1.15. The molecule has 25 heavy (non-hydrogen) atoms. The van der Waals surface area contributed by atoms with E-state index in [1.165, 1.54) is 6.07 Å². The van der Waals surface area contributed by atoms with Gasteiger partial charge in [0, 0.05) is 18.0 Å². The van der Waals surface area contributed by atoms with Crippen LogP contribution in [0.5, 0.6) is 0 Å². The second-order valence-corrected chi connectivity index (χ2v) is 6.56. The molecular weight excluding hydrogens is 325 g/mol. The normalized spacial score (nSPS) is 15.5. The smallest absolute Gasteiger partial charge is 0.320 e. The lowest BCUT2D eigenvalue weighted by molar-refractivity contribution is -0.142. The number of carboxylic acid groups (broad SMARTS) is 1. The number of carboxylic acids is 1. The van der Waals surface area contributed by atoms with Crippen LogP contribution in [0.4, 0.5) is 4.39 Å². The second-order valence-electron chi connectivity index (χ2n) is 6.56. The molecule has 3 rings (SSSR count). The van der Waals surface area contributed by atoms with Crippen molar-refractivity contribution < 1.29 is 18.8 Å². The monoisotopic (exact) mass is 347 g/mol. The van der Waals surface area contributed by atoms with E-state index in [-0.39, 0.29) is 5.82 Å². The van der Waals surface area contributed by atoms with Gasteiger partial charge in [-0.05, 0) is 51.3 Å². The molecule has 1 saturated carbocycles. The highest BCUT2D eigenvalue weighted by atomic mass is 19.1. The first kappa shape index (κ1) is 17.5. The highest BCUT2D eigenvalue weighted by Crippen LogP contribution is 2.29. The number of benzene rings is 1. The Hall–Kier alpha value is -2.28. The average Bonchev–Trinajstić information content (AvgIpc) is 3.31. The number of rotatable bonds is 8. The maximum atomic E-state index is 13.6. The lowest BCUT2D eigenvalue weighted by Crippen LogP contribution is -2.41. The lowest BCUT2D eigenvalue weighted by Gasteiger charge is -2.25. The highest BCUT2D eigenvalue weighted by Gasteiger charge is 2.34. The van der Waals surface area contributed by atoms with Crippen molar-refractivity contribution in [3.8, 4) is 11.4 Å². The van der Waals surface area contributed by atoms with Gasteiger partial charge in [-0.25, -0.2) is 4.39 Å². The molecule has 0 radical (unpaired) electrons. The van der Waals surface area contributed by atoms with E-state index in [1.807, 2.05) is 4.90 Å². The number of hydrogen-bond acceptors (Lipinski definition) is 5. The Morgan fingerprint density at radius 1 is 1.48 bits per heavy atom. The fourth-order valence-electron chi connectivity index (χ4n) is 2.86. The van der Waals surface area contributed by atoms with Gasteiger partial charge >= 0.3 is 5.97 Å². The van der Waals surface area contributed by atoms with Crippen molar-refractivity contribution in [2.45, 2.75) is 51.6 Å². The first-order chi connectivity index (χ1) is 12.0. The van der Waals surface area contributed by atoms with Gasteiger partial charge in [0.1, 0.15) is 11.9 Å². The fourth-order valence-corrected chi connectivity index (χ4v) is 2.86. The highest BCUT2D eigenvalue weighted by molar-refractivity contribution is 5.73. The maximum Gasteiger partial charge on any atom is 0.320 e. The first-order valence-corrected chi connectivity index (χ1v) is 8.53. The van der Waals surface area contributed by atoms with Crippen LogP contribution in [-0.2, 0) is 11.2 Å². The molecule has 1 N–H and O–H groups in total. The predicted octanol–water partition coefficient (Wildman–Crippen LogP) is 3.05. The van der Waals surface area contributed by atoms with Gasteiger partial charge in [0.25, 0.3) is 0 Å². The quantitative estimate of drug-likeness (QED) is 0.791. The van der Waals surface area contributed by atoms with E-state index in [9.17, 15) is 14.3 Å². The summed E-state index contributed by atoms with van der Waals surface area (Å²) in [5.74, 6) is -0.249. The molecule has 0 aliphatic heterocycles.